The molecule has 4 heteroatoms. The van der Waals surface area contributed by atoms with Crippen LogP contribution in [0.2, 0.25) is 0 Å². The van der Waals surface area contributed by atoms with Crippen LogP contribution in [0.3, 0.4) is 0 Å². The maximum Gasteiger partial charge on any atom is 0.143 e. The third-order valence-electron chi connectivity index (χ3n) is 12.6. The smallest absolute Gasteiger partial charge is 0.143 e. The van der Waals surface area contributed by atoms with Gasteiger partial charge in [-0.15, -0.1) is 0 Å². The highest BCUT2D eigenvalue weighted by molar-refractivity contribution is 6.30. The van der Waals surface area contributed by atoms with Crippen LogP contribution in [0.15, 0.2) is 167 Å². The van der Waals surface area contributed by atoms with E-state index in [2.05, 4.69) is 209 Å². The molecule has 0 amide bonds. The fraction of sp³-hybridized carbons (Fsp3) is 0.107. The summed E-state index contributed by atoms with van der Waals surface area (Å²) in [5, 5.41) is 8.74. The van der Waals surface area contributed by atoms with Crippen molar-refractivity contribution >= 4 is 99.5 Å². The van der Waals surface area contributed by atoms with Crippen LogP contribution in [-0.2, 0) is 0 Å². The lowest BCUT2D eigenvalue weighted by molar-refractivity contribution is 0.666. The molecule has 0 saturated heterocycles. The van der Waals surface area contributed by atoms with Gasteiger partial charge in [-0.05, 0) is 184 Å². The molecule has 290 valence electrons. The first-order valence-electron chi connectivity index (χ1n) is 20.7. The molecule has 9 aromatic carbocycles. The topological polar surface area (TPSA) is 32.8 Å². The third-order valence-corrected chi connectivity index (χ3v) is 12.6. The van der Waals surface area contributed by atoms with E-state index >= 15 is 0 Å². The van der Waals surface area contributed by atoms with Crippen molar-refractivity contribution in [3.05, 3.63) is 191 Å². The zero-order valence-electron chi connectivity index (χ0n) is 34.7. The zero-order valence-corrected chi connectivity index (χ0v) is 34.7. The zero-order chi connectivity index (χ0) is 40.8. The van der Waals surface area contributed by atoms with Crippen molar-refractivity contribution in [3.63, 3.8) is 0 Å². The van der Waals surface area contributed by atoms with Crippen molar-refractivity contribution in [2.24, 2.45) is 0 Å². The molecule has 0 saturated carbocycles. The normalized spacial score (nSPS) is 11.8. The predicted molar refractivity (Wildman–Crippen MR) is 254 cm³/mol. The average Bonchev–Trinajstić information content (AvgIpc) is 3.83. The van der Waals surface area contributed by atoms with Gasteiger partial charge in [-0.2, -0.15) is 0 Å². The van der Waals surface area contributed by atoms with Crippen LogP contribution in [0, 0.1) is 41.5 Å². The molecule has 0 N–H and O–H groups in total. The molecule has 0 fully saturated rings. The Labute approximate surface area is 349 Å². The Bertz CT molecular complexity index is 3260. The third kappa shape index (κ3) is 5.74. The summed E-state index contributed by atoms with van der Waals surface area (Å²) in [6, 6.07) is 57.3. The van der Waals surface area contributed by atoms with Gasteiger partial charge in [0.25, 0.3) is 0 Å². The lowest BCUT2D eigenvalue weighted by Crippen LogP contribution is -2.10. The maximum absolute atomic E-state index is 6.78. The van der Waals surface area contributed by atoms with Crippen LogP contribution in [0.4, 0.5) is 34.1 Å². The molecule has 2 heterocycles. The Balaban J connectivity index is 1.04. The number of aryl methyl sites for hydroxylation is 6. The van der Waals surface area contributed by atoms with Gasteiger partial charge in [0, 0.05) is 66.4 Å². The largest absolute Gasteiger partial charge is 0.455 e. The van der Waals surface area contributed by atoms with Crippen LogP contribution >= 0.6 is 0 Å². The lowest BCUT2D eigenvalue weighted by atomic mass is 10.00. The van der Waals surface area contributed by atoms with Crippen LogP contribution in [0.1, 0.15) is 33.4 Å². The van der Waals surface area contributed by atoms with E-state index in [-0.39, 0.29) is 0 Å². The highest BCUT2D eigenvalue weighted by atomic mass is 16.3. The van der Waals surface area contributed by atoms with Gasteiger partial charge >= 0.3 is 0 Å². The first-order valence-corrected chi connectivity index (χ1v) is 20.7. The molecule has 0 aliphatic carbocycles. The van der Waals surface area contributed by atoms with Crippen molar-refractivity contribution < 1.29 is 8.83 Å². The molecule has 0 aliphatic rings. The van der Waals surface area contributed by atoms with E-state index in [4.69, 9.17) is 8.83 Å². The van der Waals surface area contributed by atoms with Crippen LogP contribution in [-0.4, -0.2) is 0 Å². The van der Waals surface area contributed by atoms with Crippen molar-refractivity contribution in [2.45, 2.75) is 41.5 Å². The summed E-state index contributed by atoms with van der Waals surface area (Å²) in [7, 11) is 0. The highest BCUT2D eigenvalue weighted by Crippen LogP contribution is 2.46. The summed E-state index contributed by atoms with van der Waals surface area (Å²) in [4.78, 5) is 4.68. The molecule has 2 aromatic heterocycles. The van der Waals surface area contributed by atoms with E-state index in [9.17, 15) is 0 Å². The Morgan fingerprint density at radius 2 is 0.650 bits per heavy atom. The van der Waals surface area contributed by atoms with Crippen molar-refractivity contribution in [3.8, 4) is 0 Å². The predicted octanol–water partition coefficient (Wildman–Crippen LogP) is 16.6. The molecule has 0 radical (unpaired) electrons. The second-order valence-electron chi connectivity index (χ2n) is 16.6. The standard InChI is InChI=1S/C56H44N2O2/c1-33-7-15-41(16-8-33)57(43-19-11-35(3)37(5)29-43)45-21-25-47-39(31-45)13-23-49-53-51(59-55(47)49)27-28-52-54(53)50-24-14-40-32-46(22-26-48(40)56(50)60-52)58(42-17-9-34(2)10-18-42)44-20-12-36(4)38(6)30-44/h7-32H,1-6H3. The minimum Gasteiger partial charge on any atom is -0.455 e. The summed E-state index contributed by atoms with van der Waals surface area (Å²) in [6.45, 7) is 12.9. The average molecular weight is 777 g/mol. The fourth-order valence-electron chi connectivity index (χ4n) is 8.97. The number of fused-ring (bicyclic) bond motifs is 11. The van der Waals surface area contributed by atoms with Gasteiger partial charge in [0.15, 0.2) is 0 Å². The van der Waals surface area contributed by atoms with Gasteiger partial charge in [0.1, 0.15) is 22.3 Å². The van der Waals surface area contributed by atoms with Crippen LogP contribution < -0.4 is 9.80 Å². The monoisotopic (exact) mass is 776 g/mol. The van der Waals surface area contributed by atoms with E-state index in [1.165, 1.54) is 33.4 Å². The van der Waals surface area contributed by atoms with E-state index in [1.54, 1.807) is 0 Å². The molecule has 0 aliphatic heterocycles. The van der Waals surface area contributed by atoms with E-state index in [0.29, 0.717) is 0 Å². The van der Waals surface area contributed by atoms with Gasteiger partial charge in [-0.25, -0.2) is 0 Å². The van der Waals surface area contributed by atoms with Crippen molar-refractivity contribution in [1.82, 2.24) is 0 Å². The second kappa shape index (κ2) is 13.6. The number of hydrogen-bond donors (Lipinski definition) is 0. The number of hydrogen-bond acceptors (Lipinski definition) is 4. The molecular weight excluding hydrogens is 733 g/mol. The summed E-state index contributed by atoms with van der Waals surface area (Å²) >= 11 is 0. The second-order valence-corrected chi connectivity index (χ2v) is 16.6. The Hall–Kier alpha value is -7.30. The van der Waals surface area contributed by atoms with E-state index in [1.807, 2.05) is 0 Å². The van der Waals surface area contributed by atoms with Crippen LogP contribution in [0.5, 0.6) is 0 Å². The molecule has 0 bridgehead atoms. The number of anilines is 6. The van der Waals surface area contributed by atoms with Gasteiger partial charge in [0.2, 0.25) is 0 Å². The van der Waals surface area contributed by atoms with Crippen molar-refractivity contribution in [2.75, 3.05) is 9.80 Å². The Morgan fingerprint density at radius 1 is 0.300 bits per heavy atom. The highest BCUT2D eigenvalue weighted by Gasteiger charge is 2.21. The molecular formula is C56H44N2O2. The molecule has 60 heavy (non-hydrogen) atoms. The summed E-state index contributed by atoms with van der Waals surface area (Å²) in [5.74, 6) is 0. The SMILES string of the molecule is Cc1ccc(N(c2ccc(C)c(C)c2)c2ccc3c(ccc4c3oc3ccc5oc6c7ccc(N(c8ccc(C)cc8)c8ccc(C)c(C)c8)cc7ccc6c5c34)c2)cc1. The first kappa shape index (κ1) is 35.8. The molecule has 11 aromatic rings. The number of rotatable bonds is 6. The van der Waals surface area contributed by atoms with Crippen molar-refractivity contribution in [1.29, 1.82) is 0 Å². The Morgan fingerprint density at radius 3 is 1.05 bits per heavy atom. The lowest BCUT2D eigenvalue weighted by Gasteiger charge is -2.26. The van der Waals surface area contributed by atoms with Gasteiger partial charge in [-0.3, -0.25) is 0 Å². The van der Waals surface area contributed by atoms with E-state index in [0.717, 1.165) is 99.5 Å². The van der Waals surface area contributed by atoms with E-state index < -0.39 is 0 Å². The molecule has 11 rings (SSSR count). The quantitative estimate of drug-likeness (QED) is 0.168. The first-order chi connectivity index (χ1) is 29.2. The van der Waals surface area contributed by atoms with Gasteiger partial charge in [0.05, 0.1) is 0 Å². The molecule has 0 atom stereocenters. The maximum atomic E-state index is 6.78. The summed E-state index contributed by atoms with van der Waals surface area (Å²) < 4.78 is 13.6. The van der Waals surface area contributed by atoms with Gasteiger partial charge in [-0.1, -0.05) is 59.7 Å². The molecule has 0 unspecified atom stereocenters. The number of furan rings is 2. The minimum atomic E-state index is 0.853. The Kier molecular flexibility index (Phi) is 8.15. The minimum absolute atomic E-state index is 0.853. The molecule has 0 spiro atoms. The number of benzene rings is 9. The summed E-state index contributed by atoms with van der Waals surface area (Å²) in [6.07, 6.45) is 0. The van der Waals surface area contributed by atoms with Crippen LogP contribution in [0.25, 0.3) is 65.4 Å². The summed E-state index contributed by atoms with van der Waals surface area (Å²) in [5.41, 5.74) is 17.8. The van der Waals surface area contributed by atoms with Gasteiger partial charge < -0.3 is 18.6 Å². The fourth-order valence-corrected chi connectivity index (χ4v) is 8.97. The number of nitrogens with zero attached hydrogens (tertiary/aromatic N) is 2. The molecule has 4 nitrogen and oxygen atoms in total.